The number of anilines is 2. The molecule has 6 nitrogen and oxygen atoms in total. The Kier molecular flexibility index (Phi) is 5.57. The van der Waals surface area contributed by atoms with Crippen LogP contribution in [0, 0.1) is 0 Å². The van der Waals surface area contributed by atoms with Crippen molar-refractivity contribution in [3.05, 3.63) is 47.4 Å². The molecule has 28 heavy (non-hydrogen) atoms. The second kappa shape index (κ2) is 8.27. The van der Waals surface area contributed by atoms with Crippen LogP contribution in [-0.2, 0) is 4.79 Å². The van der Waals surface area contributed by atoms with Crippen molar-refractivity contribution in [2.24, 2.45) is 0 Å². The molecule has 2 aliphatic rings. The summed E-state index contributed by atoms with van der Waals surface area (Å²) in [5.74, 6) is -0.186. The van der Waals surface area contributed by atoms with Crippen molar-refractivity contribution in [2.45, 2.75) is 38.1 Å². The molecule has 2 aromatic rings. The molecule has 7 heteroatoms. The monoisotopic (exact) mass is 401 g/mol. The number of benzene rings is 1. The normalized spacial score (nSPS) is 19.7. The van der Waals surface area contributed by atoms with E-state index in [1.165, 1.54) is 25.5 Å². The second-order valence-corrected chi connectivity index (χ2v) is 7.74. The number of amides is 2. The van der Waals surface area contributed by atoms with Gasteiger partial charge in [-0.3, -0.25) is 9.59 Å². The van der Waals surface area contributed by atoms with E-state index in [0.717, 1.165) is 25.2 Å². The van der Waals surface area contributed by atoms with Gasteiger partial charge in [0.1, 0.15) is 6.04 Å². The quantitative estimate of drug-likeness (QED) is 0.835. The fraction of sp³-hybridized carbons (Fsp3) is 0.429. The summed E-state index contributed by atoms with van der Waals surface area (Å²) < 4.78 is 5.20. The number of halogens is 1. The van der Waals surface area contributed by atoms with Crippen LogP contribution in [0.15, 0.2) is 41.0 Å². The molecule has 148 valence electrons. The molecule has 0 bridgehead atoms. The second-order valence-electron chi connectivity index (χ2n) is 7.34. The van der Waals surface area contributed by atoms with Crippen LogP contribution in [0.25, 0.3) is 0 Å². The van der Waals surface area contributed by atoms with Crippen molar-refractivity contribution < 1.29 is 14.0 Å². The van der Waals surface area contributed by atoms with Gasteiger partial charge in [0, 0.05) is 25.3 Å². The van der Waals surface area contributed by atoms with Crippen molar-refractivity contribution in [1.82, 2.24) is 4.90 Å². The van der Waals surface area contributed by atoms with E-state index >= 15 is 0 Å². The summed E-state index contributed by atoms with van der Waals surface area (Å²) in [7, 11) is 0. The Hall–Kier alpha value is -2.47. The van der Waals surface area contributed by atoms with Crippen LogP contribution in [0.5, 0.6) is 0 Å². The number of nitrogens with one attached hydrogen (secondary N) is 1. The number of hydrogen-bond donors (Lipinski definition) is 1. The molecule has 1 atom stereocenters. The van der Waals surface area contributed by atoms with E-state index < -0.39 is 6.04 Å². The van der Waals surface area contributed by atoms with Gasteiger partial charge in [0.15, 0.2) is 5.76 Å². The number of likely N-dealkylation sites (tertiary alicyclic amines) is 1. The highest BCUT2D eigenvalue weighted by Gasteiger charge is 2.35. The fourth-order valence-electron chi connectivity index (χ4n) is 4.03. The highest BCUT2D eigenvalue weighted by molar-refractivity contribution is 6.33. The van der Waals surface area contributed by atoms with Gasteiger partial charge in [-0.25, -0.2) is 0 Å². The maximum Gasteiger partial charge on any atom is 0.290 e. The molecule has 3 heterocycles. The van der Waals surface area contributed by atoms with Gasteiger partial charge in [-0.05, 0) is 62.4 Å². The molecule has 0 spiro atoms. The van der Waals surface area contributed by atoms with Gasteiger partial charge in [0.05, 0.1) is 17.0 Å². The van der Waals surface area contributed by atoms with Gasteiger partial charge >= 0.3 is 0 Å². The van der Waals surface area contributed by atoms with Crippen molar-refractivity contribution in [1.29, 1.82) is 0 Å². The van der Waals surface area contributed by atoms with E-state index in [9.17, 15) is 9.59 Å². The number of rotatable bonds is 4. The first-order valence-electron chi connectivity index (χ1n) is 9.83. The molecular weight excluding hydrogens is 378 g/mol. The van der Waals surface area contributed by atoms with Crippen LogP contribution in [0.2, 0.25) is 5.02 Å². The van der Waals surface area contributed by atoms with Gasteiger partial charge in [-0.1, -0.05) is 11.6 Å². The SMILES string of the molecule is O=C(Nc1ccc(N2CCCCC2)c(Cl)c1)C1CCCN1C(=O)c1ccco1. The Bertz CT molecular complexity index is 847. The molecule has 1 aromatic carbocycles. The highest BCUT2D eigenvalue weighted by atomic mass is 35.5. The van der Waals surface area contributed by atoms with E-state index in [1.54, 1.807) is 23.1 Å². The Morgan fingerprint density at radius 3 is 2.61 bits per heavy atom. The molecule has 1 aromatic heterocycles. The van der Waals surface area contributed by atoms with Gasteiger partial charge in [-0.2, -0.15) is 0 Å². The largest absolute Gasteiger partial charge is 0.459 e. The zero-order valence-electron chi connectivity index (χ0n) is 15.7. The third-order valence-corrected chi connectivity index (χ3v) is 5.76. The molecule has 0 aliphatic carbocycles. The molecule has 2 fully saturated rings. The first kappa shape index (κ1) is 18.9. The van der Waals surface area contributed by atoms with E-state index in [4.69, 9.17) is 16.0 Å². The third kappa shape index (κ3) is 3.87. The molecule has 0 radical (unpaired) electrons. The lowest BCUT2D eigenvalue weighted by Gasteiger charge is -2.29. The fourth-order valence-corrected chi connectivity index (χ4v) is 4.33. The maximum absolute atomic E-state index is 12.8. The number of carbonyl (C=O) groups excluding carboxylic acids is 2. The van der Waals surface area contributed by atoms with E-state index in [1.807, 2.05) is 12.1 Å². The first-order chi connectivity index (χ1) is 13.6. The van der Waals surface area contributed by atoms with E-state index in [0.29, 0.717) is 23.7 Å². The molecular formula is C21H24ClN3O3. The summed E-state index contributed by atoms with van der Waals surface area (Å²) in [6, 6.07) is 8.42. The highest BCUT2D eigenvalue weighted by Crippen LogP contribution is 2.31. The number of hydrogen-bond acceptors (Lipinski definition) is 4. The topological polar surface area (TPSA) is 65.8 Å². The summed E-state index contributed by atoms with van der Waals surface area (Å²) >= 11 is 6.48. The summed E-state index contributed by atoms with van der Waals surface area (Å²) in [6.07, 6.45) is 6.50. The minimum atomic E-state index is -0.502. The predicted octanol–water partition coefficient (Wildman–Crippen LogP) is 4.17. The van der Waals surface area contributed by atoms with Crippen LogP contribution in [0.3, 0.4) is 0 Å². The molecule has 2 aliphatic heterocycles. The van der Waals surface area contributed by atoms with Crippen LogP contribution in [0.1, 0.15) is 42.7 Å². The van der Waals surface area contributed by atoms with Crippen molar-refractivity contribution in [2.75, 3.05) is 29.9 Å². The van der Waals surface area contributed by atoms with E-state index in [2.05, 4.69) is 10.2 Å². The Balaban J connectivity index is 1.44. The number of piperidine rings is 1. The lowest BCUT2D eigenvalue weighted by atomic mass is 10.1. The molecule has 4 rings (SSSR count). The zero-order chi connectivity index (χ0) is 19.5. The molecule has 1 unspecified atom stereocenters. The number of nitrogens with zero attached hydrogens (tertiary/aromatic N) is 2. The molecule has 1 N–H and O–H groups in total. The minimum absolute atomic E-state index is 0.195. The number of carbonyl (C=O) groups is 2. The molecule has 0 saturated carbocycles. The summed E-state index contributed by atoms with van der Waals surface area (Å²) in [5, 5.41) is 3.55. The standard InChI is InChI=1S/C21H24ClN3O3/c22-16-14-15(8-9-17(16)24-10-2-1-3-11-24)23-20(26)18-6-4-12-25(18)21(27)19-7-5-13-28-19/h5,7-9,13-14,18H,1-4,6,10-12H2,(H,23,26). The Labute approximate surface area is 169 Å². The first-order valence-corrected chi connectivity index (χ1v) is 10.2. The maximum atomic E-state index is 12.8. The average molecular weight is 402 g/mol. The van der Waals surface area contributed by atoms with E-state index in [-0.39, 0.29) is 17.6 Å². The molecule has 2 saturated heterocycles. The lowest BCUT2D eigenvalue weighted by molar-refractivity contribution is -0.119. The summed E-state index contributed by atoms with van der Waals surface area (Å²) in [5.41, 5.74) is 1.66. The minimum Gasteiger partial charge on any atom is -0.459 e. The van der Waals surface area contributed by atoms with Crippen LogP contribution in [-0.4, -0.2) is 42.4 Å². The van der Waals surface area contributed by atoms with Crippen LogP contribution >= 0.6 is 11.6 Å². The van der Waals surface area contributed by atoms with Crippen LogP contribution in [0.4, 0.5) is 11.4 Å². The summed E-state index contributed by atoms with van der Waals surface area (Å²) in [6.45, 7) is 2.57. The van der Waals surface area contributed by atoms with Crippen molar-refractivity contribution in [3.8, 4) is 0 Å². The Morgan fingerprint density at radius 2 is 1.89 bits per heavy atom. The predicted molar refractivity (Wildman–Crippen MR) is 109 cm³/mol. The smallest absolute Gasteiger partial charge is 0.290 e. The third-order valence-electron chi connectivity index (χ3n) is 5.46. The van der Waals surface area contributed by atoms with Gasteiger partial charge in [0.2, 0.25) is 5.91 Å². The van der Waals surface area contributed by atoms with Crippen molar-refractivity contribution >= 4 is 34.8 Å². The van der Waals surface area contributed by atoms with Crippen molar-refractivity contribution in [3.63, 3.8) is 0 Å². The zero-order valence-corrected chi connectivity index (χ0v) is 16.5. The lowest BCUT2D eigenvalue weighted by Crippen LogP contribution is -2.43. The van der Waals surface area contributed by atoms with Crippen LogP contribution < -0.4 is 10.2 Å². The van der Waals surface area contributed by atoms with Gasteiger partial charge in [-0.15, -0.1) is 0 Å². The Morgan fingerprint density at radius 1 is 1.07 bits per heavy atom. The average Bonchev–Trinajstić information content (AvgIpc) is 3.40. The summed E-state index contributed by atoms with van der Waals surface area (Å²) in [4.78, 5) is 29.3. The number of furan rings is 1. The van der Waals surface area contributed by atoms with Gasteiger partial charge < -0.3 is 19.5 Å². The van der Waals surface area contributed by atoms with Gasteiger partial charge in [0.25, 0.3) is 5.91 Å². The molecule has 2 amide bonds.